The van der Waals surface area contributed by atoms with Gasteiger partial charge in [-0.1, -0.05) is 0 Å². The molecule has 2 fully saturated rings. The van der Waals surface area contributed by atoms with Crippen molar-refractivity contribution in [2.24, 2.45) is 0 Å². The summed E-state index contributed by atoms with van der Waals surface area (Å²) < 4.78 is 3.31. The largest absolute Gasteiger partial charge is 0.367 e. The van der Waals surface area contributed by atoms with Crippen LogP contribution in [0.5, 0.6) is 0 Å². The van der Waals surface area contributed by atoms with Gasteiger partial charge in [0.15, 0.2) is 0 Å². The molecule has 0 N–H and O–H groups in total. The van der Waals surface area contributed by atoms with Crippen LogP contribution in [0.4, 0.5) is 5.69 Å². The Balaban J connectivity index is 1.24. The van der Waals surface area contributed by atoms with Crippen molar-refractivity contribution in [3.8, 4) is 0 Å². The van der Waals surface area contributed by atoms with E-state index in [9.17, 15) is 9.59 Å². The van der Waals surface area contributed by atoms with Crippen LogP contribution in [0.3, 0.4) is 0 Å². The number of amides is 1. The number of hydrogen-bond acceptors (Lipinski definition) is 5. The summed E-state index contributed by atoms with van der Waals surface area (Å²) in [7, 11) is 0. The predicted octanol–water partition coefficient (Wildman–Crippen LogP) is 1.12. The topological polar surface area (TPSA) is 75.7 Å². The first-order valence-electron chi connectivity index (χ1n) is 9.71. The Kier molecular flexibility index (Phi) is 4.11. The van der Waals surface area contributed by atoms with Crippen LogP contribution in [0.15, 0.2) is 47.7 Å². The first-order valence-corrected chi connectivity index (χ1v) is 9.71. The fraction of sp³-hybridized carbons (Fsp3) is 0.400. The van der Waals surface area contributed by atoms with Crippen LogP contribution in [0.2, 0.25) is 0 Å². The molecule has 8 heteroatoms. The molecule has 0 unspecified atom stereocenters. The van der Waals surface area contributed by atoms with Crippen molar-refractivity contribution >= 4 is 17.2 Å². The van der Waals surface area contributed by atoms with Crippen LogP contribution < -0.4 is 10.5 Å². The molecule has 8 nitrogen and oxygen atoms in total. The summed E-state index contributed by atoms with van der Waals surface area (Å²) in [5.41, 5.74) is 3.06. The molecule has 3 aromatic rings. The minimum Gasteiger partial charge on any atom is -0.367 e. The average Bonchev–Trinajstić information content (AvgIpc) is 3.48. The number of piperazine rings is 1. The van der Waals surface area contributed by atoms with E-state index in [-0.39, 0.29) is 18.0 Å². The second kappa shape index (κ2) is 6.78. The van der Waals surface area contributed by atoms with Gasteiger partial charge in [-0.2, -0.15) is 5.10 Å². The van der Waals surface area contributed by atoms with E-state index in [1.54, 1.807) is 11.0 Å². The lowest BCUT2D eigenvalue weighted by molar-refractivity contribution is -0.132. The zero-order valence-electron chi connectivity index (χ0n) is 15.6. The van der Waals surface area contributed by atoms with E-state index >= 15 is 0 Å². The molecule has 1 aliphatic heterocycles. The number of carbonyl (C=O) groups is 1. The Labute approximate surface area is 162 Å². The summed E-state index contributed by atoms with van der Waals surface area (Å²) >= 11 is 0. The van der Waals surface area contributed by atoms with Gasteiger partial charge in [0.1, 0.15) is 12.2 Å². The van der Waals surface area contributed by atoms with Crippen molar-refractivity contribution < 1.29 is 4.79 Å². The minimum absolute atomic E-state index is 0.00931. The van der Waals surface area contributed by atoms with Gasteiger partial charge >= 0.3 is 0 Å². The van der Waals surface area contributed by atoms with Crippen LogP contribution in [0.25, 0.3) is 5.65 Å². The van der Waals surface area contributed by atoms with Gasteiger partial charge < -0.3 is 14.2 Å². The summed E-state index contributed by atoms with van der Waals surface area (Å²) in [5, 5.41) is 3.96. The standard InChI is InChI=1S/C20H22N6O2/c27-19-2-1-7-21-26(19)14-20(28)24-10-8-23(9-11-24)16-5-6-18-22-17(15-3-4-15)13-25(18)12-16/h1-2,5-7,12-13,15H,3-4,8-11,14H2. The molecule has 1 saturated heterocycles. The van der Waals surface area contributed by atoms with Crippen molar-refractivity contribution in [1.29, 1.82) is 0 Å². The van der Waals surface area contributed by atoms with Gasteiger partial charge in [0.05, 0.1) is 11.4 Å². The van der Waals surface area contributed by atoms with Gasteiger partial charge in [0.2, 0.25) is 5.91 Å². The fourth-order valence-electron chi connectivity index (χ4n) is 3.71. The maximum atomic E-state index is 12.5. The van der Waals surface area contributed by atoms with E-state index in [2.05, 4.69) is 38.9 Å². The third kappa shape index (κ3) is 3.26. The summed E-state index contributed by atoms with van der Waals surface area (Å²) in [6.07, 6.45) is 8.28. The molecule has 0 atom stereocenters. The van der Waals surface area contributed by atoms with Gasteiger partial charge in [0.25, 0.3) is 5.56 Å². The van der Waals surface area contributed by atoms with Crippen molar-refractivity contribution in [3.05, 3.63) is 58.9 Å². The highest BCUT2D eigenvalue weighted by molar-refractivity contribution is 5.76. The Hall–Kier alpha value is -3.16. The summed E-state index contributed by atoms with van der Waals surface area (Å²) in [6.45, 7) is 2.78. The van der Waals surface area contributed by atoms with Crippen molar-refractivity contribution in [3.63, 3.8) is 0 Å². The summed E-state index contributed by atoms with van der Waals surface area (Å²) in [5.74, 6) is 0.573. The molecule has 4 heterocycles. The van der Waals surface area contributed by atoms with E-state index in [1.807, 2.05) is 0 Å². The molecule has 0 bridgehead atoms. The normalized spacial score (nSPS) is 17.3. The predicted molar refractivity (Wildman–Crippen MR) is 104 cm³/mol. The minimum atomic E-state index is -0.256. The molecule has 0 aromatic carbocycles. The Morgan fingerprint density at radius 3 is 2.64 bits per heavy atom. The van der Waals surface area contributed by atoms with Gasteiger partial charge in [0, 0.05) is 56.8 Å². The number of aromatic nitrogens is 4. The van der Waals surface area contributed by atoms with E-state index < -0.39 is 0 Å². The fourth-order valence-corrected chi connectivity index (χ4v) is 3.71. The molecule has 1 amide bonds. The van der Waals surface area contributed by atoms with Crippen LogP contribution in [-0.2, 0) is 11.3 Å². The zero-order valence-corrected chi connectivity index (χ0v) is 15.6. The monoisotopic (exact) mass is 378 g/mol. The molecule has 1 aliphatic carbocycles. The highest BCUT2D eigenvalue weighted by atomic mass is 16.2. The number of carbonyl (C=O) groups excluding carboxylic acids is 1. The van der Waals surface area contributed by atoms with Crippen LogP contribution in [-0.4, -0.2) is 56.2 Å². The number of imidazole rings is 1. The van der Waals surface area contributed by atoms with Gasteiger partial charge in [-0.25, -0.2) is 9.67 Å². The molecule has 0 radical (unpaired) electrons. The molecule has 3 aromatic heterocycles. The van der Waals surface area contributed by atoms with E-state index in [4.69, 9.17) is 4.98 Å². The second-order valence-corrected chi connectivity index (χ2v) is 7.48. The molecular weight excluding hydrogens is 356 g/mol. The molecule has 5 rings (SSSR count). The smallest absolute Gasteiger partial charge is 0.267 e. The lowest BCUT2D eigenvalue weighted by Gasteiger charge is -2.36. The highest BCUT2D eigenvalue weighted by Crippen LogP contribution is 2.39. The Morgan fingerprint density at radius 2 is 1.89 bits per heavy atom. The Morgan fingerprint density at radius 1 is 1.07 bits per heavy atom. The zero-order chi connectivity index (χ0) is 19.1. The highest BCUT2D eigenvalue weighted by Gasteiger charge is 2.26. The number of nitrogens with zero attached hydrogens (tertiary/aromatic N) is 6. The molecule has 144 valence electrons. The SMILES string of the molecule is O=C(Cn1ncccc1=O)N1CCN(c2ccc3nc(C4CC4)cn3c2)CC1. The van der Waals surface area contributed by atoms with Crippen molar-refractivity contribution in [1.82, 2.24) is 24.1 Å². The van der Waals surface area contributed by atoms with Crippen LogP contribution >= 0.6 is 0 Å². The van der Waals surface area contributed by atoms with E-state index in [1.165, 1.54) is 35.5 Å². The summed E-state index contributed by atoms with van der Waals surface area (Å²) in [4.78, 5) is 33.0. The lowest BCUT2D eigenvalue weighted by Crippen LogP contribution is -2.50. The van der Waals surface area contributed by atoms with E-state index in [0.29, 0.717) is 19.0 Å². The van der Waals surface area contributed by atoms with Gasteiger partial charge in [-0.05, 0) is 31.0 Å². The average molecular weight is 378 g/mol. The first kappa shape index (κ1) is 17.0. The first-order chi connectivity index (χ1) is 13.7. The molecule has 2 aliphatic rings. The number of fused-ring (bicyclic) bond motifs is 1. The molecule has 0 spiro atoms. The van der Waals surface area contributed by atoms with Crippen molar-refractivity contribution in [2.75, 3.05) is 31.1 Å². The summed E-state index contributed by atoms with van der Waals surface area (Å²) in [6, 6.07) is 7.15. The Bertz CT molecular complexity index is 1080. The number of hydrogen-bond donors (Lipinski definition) is 0. The van der Waals surface area contributed by atoms with Gasteiger partial charge in [-0.3, -0.25) is 9.59 Å². The van der Waals surface area contributed by atoms with Crippen molar-refractivity contribution in [2.45, 2.75) is 25.3 Å². The van der Waals surface area contributed by atoms with Crippen LogP contribution in [0.1, 0.15) is 24.5 Å². The lowest BCUT2D eigenvalue weighted by atomic mass is 10.2. The quantitative estimate of drug-likeness (QED) is 0.680. The van der Waals surface area contributed by atoms with Gasteiger partial charge in [-0.15, -0.1) is 0 Å². The van der Waals surface area contributed by atoms with E-state index in [0.717, 1.165) is 24.4 Å². The third-order valence-corrected chi connectivity index (χ3v) is 5.52. The second-order valence-electron chi connectivity index (χ2n) is 7.48. The number of anilines is 1. The third-order valence-electron chi connectivity index (χ3n) is 5.52. The maximum Gasteiger partial charge on any atom is 0.267 e. The van der Waals surface area contributed by atoms with Crippen LogP contribution in [0, 0.1) is 0 Å². The molecular formula is C20H22N6O2. The maximum absolute atomic E-state index is 12.5. The molecule has 28 heavy (non-hydrogen) atoms. The number of pyridine rings is 1. The number of rotatable bonds is 4. The molecule has 1 saturated carbocycles.